The summed E-state index contributed by atoms with van der Waals surface area (Å²) in [7, 11) is 0. The Labute approximate surface area is 239 Å². The lowest BCUT2D eigenvalue weighted by atomic mass is 10.1. The normalized spacial score (nSPS) is 17.7. The van der Waals surface area contributed by atoms with Gasteiger partial charge in [-0.15, -0.1) is 10.2 Å². The van der Waals surface area contributed by atoms with Crippen molar-refractivity contribution in [3.63, 3.8) is 0 Å². The molecule has 0 amide bonds. The Bertz CT molecular complexity index is 1540. The van der Waals surface area contributed by atoms with Gasteiger partial charge in [0, 0.05) is 56.2 Å². The van der Waals surface area contributed by atoms with Crippen LogP contribution in [0.25, 0.3) is 16.9 Å². The van der Waals surface area contributed by atoms with E-state index >= 15 is 0 Å². The van der Waals surface area contributed by atoms with Crippen molar-refractivity contribution in [3.8, 4) is 11.3 Å². The molecule has 0 saturated carbocycles. The molecular formula is C32H34FN7O. The Kier molecular flexibility index (Phi) is 8.54. The third kappa shape index (κ3) is 6.93. The van der Waals surface area contributed by atoms with Gasteiger partial charge in [-0.1, -0.05) is 48.5 Å². The van der Waals surface area contributed by atoms with Crippen LogP contribution in [0.1, 0.15) is 36.6 Å². The highest BCUT2D eigenvalue weighted by Gasteiger charge is 2.27. The minimum atomic E-state index is -0.178. The molecule has 7 rings (SSSR count). The molecule has 2 saturated heterocycles. The molecule has 41 heavy (non-hydrogen) atoms. The topological polar surface area (TPSA) is 80.5 Å². The van der Waals surface area contributed by atoms with Crippen LogP contribution in [0.15, 0.2) is 91.3 Å². The number of hydrogen-bond acceptors (Lipinski definition) is 7. The SMILES string of the molecule is Fc1ccccc1.c1ccc(CN2CCC(c3nnc4cc(-c5ccnc(NC6CCOCC6)n5)ccn34)C2)cc1. The molecule has 2 aliphatic heterocycles. The minimum absolute atomic E-state index is 0.178. The highest BCUT2D eigenvalue weighted by atomic mass is 19.1. The summed E-state index contributed by atoms with van der Waals surface area (Å²) in [5, 5.41) is 12.5. The van der Waals surface area contributed by atoms with E-state index in [-0.39, 0.29) is 5.82 Å². The van der Waals surface area contributed by atoms with E-state index in [0.717, 1.165) is 74.8 Å². The maximum atomic E-state index is 11.9. The summed E-state index contributed by atoms with van der Waals surface area (Å²) in [4.78, 5) is 11.7. The van der Waals surface area contributed by atoms with Crippen molar-refractivity contribution in [2.45, 2.75) is 37.8 Å². The number of aromatic nitrogens is 5. The van der Waals surface area contributed by atoms with Crippen LogP contribution >= 0.6 is 0 Å². The molecule has 2 aliphatic rings. The average molecular weight is 552 g/mol. The first-order valence-electron chi connectivity index (χ1n) is 14.2. The second-order valence-electron chi connectivity index (χ2n) is 10.5. The number of nitrogens with one attached hydrogen (secondary N) is 1. The first-order chi connectivity index (χ1) is 20.2. The lowest BCUT2D eigenvalue weighted by Gasteiger charge is -2.23. The lowest BCUT2D eigenvalue weighted by Crippen LogP contribution is -2.28. The van der Waals surface area contributed by atoms with Crippen LogP contribution in [0.3, 0.4) is 0 Å². The van der Waals surface area contributed by atoms with Crippen LogP contribution in [-0.2, 0) is 11.3 Å². The second-order valence-corrected chi connectivity index (χ2v) is 10.5. The number of ether oxygens (including phenoxy) is 1. The third-order valence-corrected chi connectivity index (χ3v) is 7.56. The molecule has 3 aromatic heterocycles. The van der Waals surface area contributed by atoms with Gasteiger partial charge in [0.2, 0.25) is 5.95 Å². The number of halogens is 1. The number of nitrogens with zero attached hydrogens (tertiary/aromatic N) is 6. The average Bonchev–Trinajstić information content (AvgIpc) is 3.66. The van der Waals surface area contributed by atoms with Crippen LogP contribution in [-0.4, -0.2) is 61.8 Å². The van der Waals surface area contributed by atoms with E-state index in [1.807, 2.05) is 12.3 Å². The van der Waals surface area contributed by atoms with Gasteiger partial charge in [-0.3, -0.25) is 9.30 Å². The van der Waals surface area contributed by atoms with E-state index in [0.29, 0.717) is 17.9 Å². The van der Waals surface area contributed by atoms with Gasteiger partial charge in [-0.25, -0.2) is 14.4 Å². The van der Waals surface area contributed by atoms with E-state index in [1.165, 1.54) is 17.7 Å². The third-order valence-electron chi connectivity index (χ3n) is 7.56. The summed E-state index contributed by atoms with van der Waals surface area (Å²) in [6.45, 7) is 4.64. The summed E-state index contributed by atoms with van der Waals surface area (Å²) in [5.41, 5.74) is 4.11. The fourth-order valence-corrected chi connectivity index (χ4v) is 5.40. The van der Waals surface area contributed by atoms with Crippen molar-refractivity contribution in [3.05, 3.63) is 108 Å². The molecule has 0 spiro atoms. The number of hydrogen-bond donors (Lipinski definition) is 1. The van der Waals surface area contributed by atoms with E-state index < -0.39 is 0 Å². The Morgan fingerprint density at radius 2 is 1.68 bits per heavy atom. The molecule has 1 atom stereocenters. The van der Waals surface area contributed by atoms with Crippen molar-refractivity contribution in [1.29, 1.82) is 0 Å². The van der Waals surface area contributed by atoms with E-state index in [9.17, 15) is 4.39 Å². The van der Waals surface area contributed by atoms with Gasteiger partial charge in [0.1, 0.15) is 11.6 Å². The van der Waals surface area contributed by atoms with Gasteiger partial charge >= 0.3 is 0 Å². The molecule has 0 radical (unpaired) electrons. The molecule has 210 valence electrons. The standard InChI is InChI=1S/C26H29N7O.C6H5F/c1-2-4-19(5-3-1)17-32-12-7-21(18-32)25-31-30-24-16-20(8-13-33(24)25)23-6-11-27-26(29-23)28-22-9-14-34-15-10-22;7-6-4-2-1-3-5-6/h1-6,8,11,13,16,21-22H,7,9-10,12,14-15,17-18H2,(H,27,28,29);1-5H. The summed E-state index contributed by atoms with van der Waals surface area (Å²) in [5.74, 6) is 1.92. The fourth-order valence-electron chi connectivity index (χ4n) is 5.40. The second kappa shape index (κ2) is 13.0. The largest absolute Gasteiger partial charge is 0.381 e. The molecular weight excluding hydrogens is 517 g/mol. The molecule has 5 aromatic rings. The van der Waals surface area contributed by atoms with Crippen molar-refractivity contribution < 1.29 is 9.13 Å². The van der Waals surface area contributed by atoms with E-state index in [4.69, 9.17) is 9.72 Å². The number of anilines is 1. The Balaban J connectivity index is 0.000000380. The Hall–Kier alpha value is -4.21. The smallest absolute Gasteiger partial charge is 0.223 e. The highest BCUT2D eigenvalue weighted by Crippen LogP contribution is 2.28. The predicted octanol–water partition coefficient (Wildman–Crippen LogP) is 5.59. The summed E-state index contributed by atoms with van der Waals surface area (Å²) in [6, 6.07) is 25.1. The Morgan fingerprint density at radius 1 is 0.902 bits per heavy atom. The first-order valence-corrected chi connectivity index (χ1v) is 14.2. The zero-order valence-electron chi connectivity index (χ0n) is 22.9. The highest BCUT2D eigenvalue weighted by molar-refractivity contribution is 5.64. The van der Waals surface area contributed by atoms with Crippen molar-refractivity contribution in [1.82, 2.24) is 29.5 Å². The quantitative estimate of drug-likeness (QED) is 0.295. The fraction of sp³-hybridized carbons (Fsp3) is 0.312. The zero-order valence-corrected chi connectivity index (χ0v) is 22.9. The number of likely N-dealkylation sites (tertiary alicyclic amines) is 1. The van der Waals surface area contributed by atoms with Crippen LogP contribution in [0, 0.1) is 5.82 Å². The number of benzene rings is 2. The molecule has 0 aliphatic carbocycles. The molecule has 8 nitrogen and oxygen atoms in total. The maximum Gasteiger partial charge on any atom is 0.223 e. The van der Waals surface area contributed by atoms with Crippen LogP contribution < -0.4 is 5.32 Å². The van der Waals surface area contributed by atoms with Gasteiger partial charge in [-0.05, 0) is 61.7 Å². The molecule has 2 aromatic carbocycles. The summed E-state index contributed by atoms with van der Waals surface area (Å²) >= 11 is 0. The van der Waals surface area contributed by atoms with Crippen LogP contribution in [0.5, 0.6) is 0 Å². The lowest BCUT2D eigenvalue weighted by molar-refractivity contribution is 0.0903. The van der Waals surface area contributed by atoms with Crippen molar-refractivity contribution in [2.75, 3.05) is 31.6 Å². The van der Waals surface area contributed by atoms with Gasteiger partial charge in [0.15, 0.2) is 5.65 Å². The van der Waals surface area contributed by atoms with E-state index in [1.54, 1.807) is 18.2 Å². The first kappa shape index (κ1) is 27.0. The molecule has 2 fully saturated rings. The molecule has 9 heteroatoms. The van der Waals surface area contributed by atoms with Crippen molar-refractivity contribution in [2.24, 2.45) is 0 Å². The minimum Gasteiger partial charge on any atom is -0.381 e. The monoisotopic (exact) mass is 551 g/mol. The zero-order chi connectivity index (χ0) is 27.9. The molecule has 1 unspecified atom stereocenters. The summed E-state index contributed by atoms with van der Waals surface area (Å²) in [6.07, 6.45) is 6.94. The van der Waals surface area contributed by atoms with Crippen LogP contribution in [0.2, 0.25) is 0 Å². The van der Waals surface area contributed by atoms with Crippen LogP contribution in [0.4, 0.5) is 10.3 Å². The molecule has 1 N–H and O–H groups in total. The predicted molar refractivity (Wildman–Crippen MR) is 157 cm³/mol. The summed E-state index contributed by atoms with van der Waals surface area (Å²) < 4.78 is 19.5. The van der Waals surface area contributed by atoms with Gasteiger partial charge < -0.3 is 10.1 Å². The number of pyridine rings is 1. The molecule has 0 bridgehead atoms. The van der Waals surface area contributed by atoms with Gasteiger partial charge in [0.25, 0.3) is 0 Å². The maximum absolute atomic E-state index is 11.9. The Morgan fingerprint density at radius 3 is 2.44 bits per heavy atom. The van der Waals surface area contributed by atoms with Crippen molar-refractivity contribution >= 4 is 11.6 Å². The number of rotatable bonds is 6. The van der Waals surface area contributed by atoms with Gasteiger partial charge in [0.05, 0.1) is 5.69 Å². The van der Waals surface area contributed by atoms with E-state index in [2.05, 4.69) is 78.5 Å². The van der Waals surface area contributed by atoms with Gasteiger partial charge in [-0.2, -0.15) is 0 Å². The molecule has 5 heterocycles. The number of fused-ring (bicyclic) bond motifs is 1.